The standard InChI is InChI=1S/C17H10F2N2/c18-12-6-8-17(15(19)9-12)21-16-7-5-11(10-20)13-3-1-2-4-14(13)16/h1-9,21H. The van der Waals surface area contributed by atoms with Crippen LogP contribution in [0.2, 0.25) is 0 Å². The van der Waals surface area contributed by atoms with Gasteiger partial charge in [0.2, 0.25) is 0 Å². The molecule has 0 aliphatic rings. The van der Waals surface area contributed by atoms with Crippen LogP contribution in [0, 0.1) is 23.0 Å². The number of nitrogens with zero attached hydrogens (tertiary/aromatic N) is 1. The molecule has 0 aliphatic carbocycles. The number of halogens is 2. The molecule has 0 saturated carbocycles. The predicted molar refractivity (Wildman–Crippen MR) is 78.3 cm³/mol. The van der Waals surface area contributed by atoms with E-state index >= 15 is 0 Å². The Morgan fingerprint density at radius 3 is 2.29 bits per heavy atom. The number of benzene rings is 3. The van der Waals surface area contributed by atoms with Gasteiger partial charge in [-0.25, -0.2) is 8.78 Å². The van der Waals surface area contributed by atoms with Crippen LogP contribution in [0.1, 0.15) is 5.56 Å². The summed E-state index contributed by atoms with van der Waals surface area (Å²) in [6, 6.07) is 16.2. The average Bonchev–Trinajstić information content (AvgIpc) is 2.50. The van der Waals surface area contributed by atoms with E-state index in [9.17, 15) is 8.78 Å². The van der Waals surface area contributed by atoms with E-state index in [0.29, 0.717) is 11.3 Å². The summed E-state index contributed by atoms with van der Waals surface area (Å²) in [7, 11) is 0. The van der Waals surface area contributed by atoms with Crippen molar-refractivity contribution >= 4 is 22.1 Å². The predicted octanol–water partition coefficient (Wildman–Crippen LogP) is 4.73. The van der Waals surface area contributed by atoms with Crippen molar-refractivity contribution in [1.29, 1.82) is 5.26 Å². The highest BCUT2D eigenvalue weighted by atomic mass is 19.1. The van der Waals surface area contributed by atoms with Gasteiger partial charge >= 0.3 is 0 Å². The Morgan fingerprint density at radius 1 is 0.857 bits per heavy atom. The van der Waals surface area contributed by atoms with Gasteiger partial charge in [-0.1, -0.05) is 24.3 Å². The smallest absolute Gasteiger partial charge is 0.149 e. The first-order valence-corrected chi connectivity index (χ1v) is 6.33. The third-order valence-electron chi connectivity index (χ3n) is 3.24. The van der Waals surface area contributed by atoms with Crippen LogP contribution in [0.3, 0.4) is 0 Å². The molecule has 21 heavy (non-hydrogen) atoms. The van der Waals surface area contributed by atoms with Crippen LogP contribution < -0.4 is 5.32 Å². The maximum Gasteiger partial charge on any atom is 0.149 e. The molecule has 0 fully saturated rings. The summed E-state index contributed by atoms with van der Waals surface area (Å²) in [4.78, 5) is 0. The van der Waals surface area contributed by atoms with Gasteiger partial charge in [-0.3, -0.25) is 0 Å². The molecule has 3 aromatic carbocycles. The molecule has 0 atom stereocenters. The lowest BCUT2D eigenvalue weighted by Gasteiger charge is -2.11. The fourth-order valence-corrected chi connectivity index (χ4v) is 2.24. The van der Waals surface area contributed by atoms with Gasteiger partial charge < -0.3 is 5.32 Å². The number of hydrogen-bond donors (Lipinski definition) is 1. The number of hydrogen-bond acceptors (Lipinski definition) is 2. The van der Waals surface area contributed by atoms with Gasteiger partial charge in [0.25, 0.3) is 0 Å². The van der Waals surface area contributed by atoms with Crippen molar-refractivity contribution in [3.8, 4) is 6.07 Å². The van der Waals surface area contributed by atoms with Gasteiger partial charge in [0.15, 0.2) is 0 Å². The van der Waals surface area contributed by atoms with E-state index in [1.165, 1.54) is 12.1 Å². The largest absolute Gasteiger partial charge is 0.353 e. The molecule has 0 radical (unpaired) electrons. The zero-order valence-electron chi connectivity index (χ0n) is 10.9. The van der Waals surface area contributed by atoms with E-state index in [-0.39, 0.29) is 5.69 Å². The zero-order chi connectivity index (χ0) is 14.8. The van der Waals surface area contributed by atoms with Crippen LogP contribution in [-0.2, 0) is 0 Å². The lowest BCUT2D eigenvalue weighted by molar-refractivity contribution is 0.586. The summed E-state index contributed by atoms with van der Waals surface area (Å²) >= 11 is 0. The van der Waals surface area contributed by atoms with Crippen molar-refractivity contribution in [2.75, 3.05) is 5.32 Å². The molecule has 0 spiro atoms. The molecule has 0 unspecified atom stereocenters. The summed E-state index contributed by atoms with van der Waals surface area (Å²) < 4.78 is 26.7. The second kappa shape index (κ2) is 5.22. The minimum atomic E-state index is -0.663. The van der Waals surface area contributed by atoms with E-state index in [1.807, 2.05) is 24.3 Å². The quantitative estimate of drug-likeness (QED) is 0.736. The Morgan fingerprint density at radius 2 is 1.57 bits per heavy atom. The Hall–Kier alpha value is -2.93. The number of fused-ring (bicyclic) bond motifs is 1. The number of anilines is 2. The molecule has 0 heterocycles. The van der Waals surface area contributed by atoms with Gasteiger partial charge in [-0.05, 0) is 24.3 Å². The van der Waals surface area contributed by atoms with Gasteiger partial charge in [-0.15, -0.1) is 0 Å². The van der Waals surface area contributed by atoms with Crippen LogP contribution in [0.25, 0.3) is 10.8 Å². The third kappa shape index (κ3) is 2.41. The summed E-state index contributed by atoms with van der Waals surface area (Å²) in [6.07, 6.45) is 0. The van der Waals surface area contributed by atoms with Crippen LogP contribution in [0.5, 0.6) is 0 Å². The number of nitriles is 1. The van der Waals surface area contributed by atoms with Gasteiger partial charge in [0.1, 0.15) is 11.6 Å². The van der Waals surface area contributed by atoms with E-state index in [4.69, 9.17) is 5.26 Å². The fourth-order valence-electron chi connectivity index (χ4n) is 2.24. The minimum Gasteiger partial charge on any atom is -0.353 e. The molecular formula is C17H10F2N2. The van der Waals surface area contributed by atoms with E-state index < -0.39 is 11.6 Å². The normalized spacial score (nSPS) is 10.3. The number of rotatable bonds is 2. The molecule has 0 aliphatic heterocycles. The molecule has 0 saturated heterocycles. The molecule has 0 bridgehead atoms. The summed E-state index contributed by atoms with van der Waals surface area (Å²) in [5.41, 5.74) is 1.40. The molecule has 3 aromatic rings. The van der Waals surface area contributed by atoms with E-state index in [0.717, 1.165) is 16.8 Å². The minimum absolute atomic E-state index is 0.186. The first-order chi connectivity index (χ1) is 10.2. The molecule has 0 amide bonds. The lowest BCUT2D eigenvalue weighted by Crippen LogP contribution is -1.96. The maximum absolute atomic E-state index is 13.7. The van der Waals surface area contributed by atoms with E-state index in [2.05, 4.69) is 11.4 Å². The summed E-state index contributed by atoms with van der Waals surface area (Å²) in [6.45, 7) is 0. The summed E-state index contributed by atoms with van der Waals surface area (Å²) in [5.74, 6) is -1.29. The van der Waals surface area contributed by atoms with Crippen molar-refractivity contribution in [2.45, 2.75) is 0 Å². The van der Waals surface area contributed by atoms with Gasteiger partial charge in [-0.2, -0.15) is 5.26 Å². The van der Waals surface area contributed by atoms with Crippen LogP contribution >= 0.6 is 0 Å². The van der Waals surface area contributed by atoms with Gasteiger partial charge in [0.05, 0.1) is 17.3 Å². The maximum atomic E-state index is 13.7. The summed E-state index contributed by atoms with van der Waals surface area (Å²) in [5, 5.41) is 13.7. The molecule has 2 nitrogen and oxygen atoms in total. The Labute approximate surface area is 120 Å². The first kappa shape index (κ1) is 13.1. The van der Waals surface area contributed by atoms with E-state index in [1.54, 1.807) is 12.1 Å². The van der Waals surface area contributed by atoms with Crippen LogP contribution in [0.15, 0.2) is 54.6 Å². The fraction of sp³-hybridized carbons (Fsp3) is 0. The first-order valence-electron chi connectivity index (χ1n) is 6.33. The molecular weight excluding hydrogens is 270 g/mol. The highest BCUT2D eigenvalue weighted by molar-refractivity contribution is 5.98. The number of nitrogens with one attached hydrogen (secondary N) is 1. The average molecular weight is 280 g/mol. The topological polar surface area (TPSA) is 35.8 Å². The van der Waals surface area contributed by atoms with Crippen LogP contribution in [0.4, 0.5) is 20.2 Å². The molecule has 102 valence electrons. The second-order valence-corrected chi connectivity index (χ2v) is 4.57. The second-order valence-electron chi connectivity index (χ2n) is 4.57. The molecule has 1 N–H and O–H groups in total. The lowest BCUT2D eigenvalue weighted by atomic mass is 10.0. The molecule has 0 aromatic heterocycles. The van der Waals surface area contributed by atoms with Crippen molar-refractivity contribution in [2.24, 2.45) is 0 Å². The Bertz CT molecular complexity index is 866. The Balaban J connectivity index is 2.12. The Kier molecular flexibility index (Phi) is 3.25. The monoisotopic (exact) mass is 280 g/mol. The van der Waals surface area contributed by atoms with Crippen molar-refractivity contribution in [1.82, 2.24) is 0 Å². The van der Waals surface area contributed by atoms with Crippen molar-refractivity contribution < 1.29 is 8.78 Å². The molecule has 3 rings (SSSR count). The highest BCUT2D eigenvalue weighted by Crippen LogP contribution is 2.29. The van der Waals surface area contributed by atoms with Crippen molar-refractivity contribution in [3.05, 3.63) is 71.8 Å². The zero-order valence-corrected chi connectivity index (χ0v) is 10.9. The van der Waals surface area contributed by atoms with Crippen LogP contribution in [-0.4, -0.2) is 0 Å². The third-order valence-corrected chi connectivity index (χ3v) is 3.24. The van der Waals surface area contributed by atoms with Gasteiger partial charge in [0, 0.05) is 22.5 Å². The molecule has 4 heteroatoms. The van der Waals surface area contributed by atoms with Crippen molar-refractivity contribution in [3.63, 3.8) is 0 Å². The highest BCUT2D eigenvalue weighted by Gasteiger charge is 2.08. The SMILES string of the molecule is N#Cc1ccc(Nc2ccc(F)cc2F)c2ccccc12.